The molecule has 0 aromatic rings. The third-order valence-electron chi connectivity index (χ3n) is 17.1. The van der Waals surface area contributed by atoms with Gasteiger partial charge in [-0.25, -0.2) is 4.57 Å². The van der Waals surface area contributed by atoms with Crippen molar-refractivity contribution in [2.45, 2.75) is 412 Å². The molecule has 0 spiro atoms. The molecule has 0 aliphatic carbocycles. The predicted octanol–water partition coefficient (Wildman–Crippen LogP) is 24.5. The van der Waals surface area contributed by atoms with E-state index < -0.39 is 26.5 Å². The van der Waals surface area contributed by atoms with Crippen LogP contribution in [0.1, 0.15) is 406 Å². The zero-order chi connectivity index (χ0) is 60.9. The maximum atomic E-state index is 12.8. The van der Waals surface area contributed by atoms with Crippen LogP contribution in [-0.2, 0) is 32.7 Å². The molecule has 10 heteroatoms. The summed E-state index contributed by atoms with van der Waals surface area (Å²) in [5.74, 6) is -0.802. The fourth-order valence-electron chi connectivity index (χ4n) is 11.6. The molecule has 0 aliphatic rings. The highest BCUT2D eigenvalue weighted by Gasteiger charge is 2.26. The van der Waals surface area contributed by atoms with Gasteiger partial charge in [0.15, 0.2) is 6.10 Å². The Bertz CT molecular complexity index is 1430. The first-order valence-corrected chi connectivity index (χ1v) is 38.8. The molecule has 0 aromatic carbocycles. The average Bonchev–Trinajstić information content (AvgIpc) is 3.58. The van der Waals surface area contributed by atoms with E-state index in [9.17, 15) is 19.0 Å². The summed E-state index contributed by atoms with van der Waals surface area (Å²) in [7, 11) is -4.39. The van der Waals surface area contributed by atoms with Gasteiger partial charge >= 0.3 is 19.8 Å². The number of nitrogens with two attached hydrogens (primary N) is 1. The van der Waals surface area contributed by atoms with Crippen LogP contribution in [0, 0.1) is 0 Å². The minimum absolute atomic E-state index is 0.0568. The Balaban J connectivity index is 3.77. The molecule has 0 amide bonds. The van der Waals surface area contributed by atoms with Crippen molar-refractivity contribution in [3.63, 3.8) is 0 Å². The molecule has 2 unspecified atom stereocenters. The Morgan fingerprint density at radius 2 is 0.619 bits per heavy atom. The number of unbranched alkanes of at least 4 members (excludes halogenated alkanes) is 55. The van der Waals surface area contributed by atoms with E-state index in [-0.39, 0.29) is 38.6 Å². The van der Waals surface area contributed by atoms with Gasteiger partial charge in [-0.3, -0.25) is 18.6 Å². The molecular formula is C74H144NO8P. The van der Waals surface area contributed by atoms with Gasteiger partial charge < -0.3 is 20.1 Å². The number of phosphoric acid groups is 1. The van der Waals surface area contributed by atoms with Crippen molar-refractivity contribution >= 4 is 19.8 Å². The van der Waals surface area contributed by atoms with E-state index in [1.54, 1.807) is 0 Å². The molecular weight excluding hydrogens is 1060 g/mol. The van der Waals surface area contributed by atoms with Gasteiger partial charge in [0.25, 0.3) is 0 Å². The van der Waals surface area contributed by atoms with Gasteiger partial charge in [0, 0.05) is 19.4 Å². The summed E-state index contributed by atoms with van der Waals surface area (Å²) in [5.41, 5.74) is 5.41. The van der Waals surface area contributed by atoms with Crippen LogP contribution in [0.4, 0.5) is 0 Å². The molecule has 0 saturated carbocycles. The van der Waals surface area contributed by atoms with Crippen LogP contribution in [0.3, 0.4) is 0 Å². The normalized spacial score (nSPS) is 13.0. The highest BCUT2D eigenvalue weighted by Crippen LogP contribution is 2.43. The molecule has 0 fully saturated rings. The lowest BCUT2D eigenvalue weighted by atomic mass is 10.0. The number of rotatable bonds is 72. The molecule has 0 radical (unpaired) electrons. The molecule has 0 aromatic heterocycles. The number of carbonyl (C=O) groups excluding carboxylic acids is 2. The third kappa shape index (κ3) is 69.6. The molecule has 3 N–H and O–H groups in total. The maximum absolute atomic E-state index is 12.8. The van der Waals surface area contributed by atoms with E-state index in [0.29, 0.717) is 6.42 Å². The van der Waals surface area contributed by atoms with Crippen molar-refractivity contribution in [1.82, 2.24) is 0 Å². The van der Waals surface area contributed by atoms with Crippen LogP contribution in [-0.4, -0.2) is 49.3 Å². The van der Waals surface area contributed by atoms with Crippen LogP contribution >= 0.6 is 7.82 Å². The minimum atomic E-state index is -4.39. The van der Waals surface area contributed by atoms with Crippen LogP contribution in [0.5, 0.6) is 0 Å². The lowest BCUT2D eigenvalue weighted by Gasteiger charge is -2.19. The fourth-order valence-corrected chi connectivity index (χ4v) is 12.3. The fraction of sp³-hybridized carbons (Fsp3) is 0.919. The molecule has 9 nitrogen and oxygen atoms in total. The lowest BCUT2D eigenvalue weighted by Crippen LogP contribution is -2.29. The van der Waals surface area contributed by atoms with Crippen molar-refractivity contribution in [2.24, 2.45) is 5.73 Å². The summed E-state index contributed by atoms with van der Waals surface area (Å²) in [5, 5.41) is 0. The Hall–Kier alpha value is -1.51. The zero-order valence-corrected chi connectivity index (χ0v) is 57.1. The van der Waals surface area contributed by atoms with Gasteiger partial charge in [0.05, 0.1) is 13.2 Å². The number of esters is 2. The Kier molecular flexibility index (Phi) is 69.3. The first-order valence-electron chi connectivity index (χ1n) is 37.3. The number of hydrogen-bond donors (Lipinski definition) is 2. The van der Waals surface area contributed by atoms with Crippen LogP contribution < -0.4 is 5.73 Å². The number of carbonyl (C=O) groups is 2. The standard InChI is InChI=1S/C74H144NO8P/c1-3-5-7-9-11-13-15-17-19-21-23-25-27-29-31-33-34-35-36-37-39-40-42-44-46-48-50-52-54-56-58-60-62-64-66-73(76)80-70-72(71-82-84(78,79)81-69-68-75)83-74(77)67-65-63-61-59-57-55-53-51-49-47-45-43-41-38-32-30-28-26-24-22-20-18-16-14-12-10-8-6-4-2/h16,18,22,24,72H,3-15,17,19-21,23,25-71,75H2,1-2H3,(H,78,79)/b18-16-,24-22-. The van der Waals surface area contributed by atoms with Gasteiger partial charge in [-0.1, -0.05) is 372 Å². The summed E-state index contributed by atoms with van der Waals surface area (Å²) in [4.78, 5) is 35.4. The van der Waals surface area contributed by atoms with E-state index in [4.69, 9.17) is 24.3 Å². The molecule has 0 heterocycles. The van der Waals surface area contributed by atoms with Crippen LogP contribution in [0.25, 0.3) is 0 Å². The van der Waals surface area contributed by atoms with E-state index in [1.165, 1.54) is 334 Å². The van der Waals surface area contributed by atoms with E-state index >= 15 is 0 Å². The number of ether oxygens (including phenoxy) is 2. The summed E-state index contributed by atoms with van der Waals surface area (Å²) >= 11 is 0. The van der Waals surface area contributed by atoms with Crippen molar-refractivity contribution in [2.75, 3.05) is 26.4 Å². The Morgan fingerprint density at radius 1 is 0.357 bits per heavy atom. The van der Waals surface area contributed by atoms with Gasteiger partial charge in [-0.05, 0) is 44.9 Å². The van der Waals surface area contributed by atoms with Gasteiger partial charge in [-0.15, -0.1) is 0 Å². The largest absolute Gasteiger partial charge is 0.472 e. The first-order chi connectivity index (χ1) is 41.3. The second-order valence-electron chi connectivity index (χ2n) is 25.5. The Morgan fingerprint density at radius 3 is 0.905 bits per heavy atom. The van der Waals surface area contributed by atoms with Crippen molar-refractivity contribution in [1.29, 1.82) is 0 Å². The quantitative estimate of drug-likeness (QED) is 0.0264. The highest BCUT2D eigenvalue weighted by atomic mass is 31.2. The molecule has 84 heavy (non-hydrogen) atoms. The second-order valence-corrected chi connectivity index (χ2v) is 27.0. The predicted molar refractivity (Wildman–Crippen MR) is 363 cm³/mol. The van der Waals surface area contributed by atoms with Crippen molar-refractivity contribution in [3.05, 3.63) is 24.3 Å². The maximum Gasteiger partial charge on any atom is 0.472 e. The van der Waals surface area contributed by atoms with E-state index in [1.807, 2.05) is 0 Å². The Labute approximate surface area is 522 Å². The third-order valence-corrected chi connectivity index (χ3v) is 18.1. The van der Waals surface area contributed by atoms with Gasteiger partial charge in [0.1, 0.15) is 6.61 Å². The van der Waals surface area contributed by atoms with Crippen LogP contribution in [0.15, 0.2) is 24.3 Å². The average molecular weight is 1210 g/mol. The molecule has 0 rings (SSSR count). The summed E-state index contributed by atoms with van der Waals surface area (Å²) < 4.78 is 33.2. The SMILES string of the molecule is CCCCCCC/C=C\C/C=C\CCCCCCCCCCCCCCCCCCCC(=O)OC(COC(=O)CCCCCCCCCCCCCCCCCCCCCCCCCCCCCCCCCCCC)COP(=O)(O)OCCN. The topological polar surface area (TPSA) is 134 Å². The van der Waals surface area contributed by atoms with Gasteiger partial charge in [0.2, 0.25) is 0 Å². The molecule has 0 bridgehead atoms. The number of allylic oxidation sites excluding steroid dienone is 4. The summed E-state index contributed by atoms with van der Waals surface area (Å²) in [6.45, 7) is 3.82. The van der Waals surface area contributed by atoms with Gasteiger partial charge in [-0.2, -0.15) is 0 Å². The number of hydrogen-bond acceptors (Lipinski definition) is 8. The smallest absolute Gasteiger partial charge is 0.462 e. The number of phosphoric ester groups is 1. The molecule has 2 atom stereocenters. The lowest BCUT2D eigenvalue weighted by molar-refractivity contribution is -0.161. The molecule has 498 valence electrons. The van der Waals surface area contributed by atoms with E-state index in [0.717, 1.165) is 38.5 Å². The summed E-state index contributed by atoms with van der Waals surface area (Å²) in [6, 6.07) is 0. The zero-order valence-electron chi connectivity index (χ0n) is 56.2. The van der Waals surface area contributed by atoms with E-state index in [2.05, 4.69) is 38.2 Å². The van der Waals surface area contributed by atoms with Crippen LogP contribution in [0.2, 0.25) is 0 Å². The van der Waals surface area contributed by atoms with Crippen molar-refractivity contribution < 1.29 is 37.6 Å². The molecule has 0 aliphatic heterocycles. The second kappa shape index (κ2) is 70.6. The highest BCUT2D eigenvalue weighted by molar-refractivity contribution is 7.47. The van der Waals surface area contributed by atoms with Crippen molar-refractivity contribution in [3.8, 4) is 0 Å². The first kappa shape index (κ1) is 82.5. The monoisotopic (exact) mass is 1210 g/mol. The minimum Gasteiger partial charge on any atom is -0.462 e. The molecule has 0 saturated heterocycles. The summed E-state index contributed by atoms with van der Waals surface area (Å²) in [6.07, 6.45) is 87.3.